The molecular formula is C21H28N4O2. The highest BCUT2D eigenvalue weighted by Crippen LogP contribution is 2.42. The Balaban J connectivity index is 1.42. The van der Waals surface area contributed by atoms with Gasteiger partial charge in [-0.3, -0.25) is 9.59 Å². The molecule has 4 rings (SSSR count). The Kier molecular flexibility index (Phi) is 4.91. The van der Waals surface area contributed by atoms with Crippen molar-refractivity contribution in [2.24, 2.45) is 17.6 Å². The predicted molar refractivity (Wildman–Crippen MR) is 105 cm³/mol. The summed E-state index contributed by atoms with van der Waals surface area (Å²) in [5.74, 6) is 0.875. The number of nitrogens with one attached hydrogen (secondary N) is 3. The lowest BCUT2D eigenvalue weighted by Gasteiger charge is -2.36. The Labute approximate surface area is 159 Å². The molecule has 0 saturated heterocycles. The van der Waals surface area contributed by atoms with E-state index in [0.29, 0.717) is 30.5 Å². The minimum absolute atomic E-state index is 0.0295. The smallest absolute Gasteiger partial charge is 0.267 e. The largest absolute Gasteiger partial charge is 0.353 e. The predicted octanol–water partition coefficient (Wildman–Crippen LogP) is 2.23. The number of carbonyl (C=O) groups excluding carboxylic acids is 2. The third kappa shape index (κ3) is 3.58. The average molecular weight is 368 g/mol. The average Bonchev–Trinajstić information content (AvgIpc) is 3.15. The van der Waals surface area contributed by atoms with Gasteiger partial charge < -0.3 is 21.4 Å². The third-order valence-corrected chi connectivity index (χ3v) is 6.24. The van der Waals surface area contributed by atoms with Crippen LogP contribution in [0.15, 0.2) is 24.3 Å². The van der Waals surface area contributed by atoms with E-state index in [1.165, 1.54) is 0 Å². The Morgan fingerprint density at radius 3 is 2.59 bits per heavy atom. The fraction of sp³-hybridized carbons (Fsp3) is 0.524. The summed E-state index contributed by atoms with van der Waals surface area (Å²) in [6.07, 6.45) is 4.48. The van der Waals surface area contributed by atoms with Crippen LogP contribution in [0.1, 0.15) is 48.2 Å². The van der Waals surface area contributed by atoms with Gasteiger partial charge in [-0.1, -0.05) is 18.2 Å². The number of aromatic nitrogens is 1. The van der Waals surface area contributed by atoms with Crippen molar-refractivity contribution >= 4 is 22.7 Å². The molecule has 1 aromatic carbocycles. The number of rotatable bonds is 5. The van der Waals surface area contributed by atoms with Crippen LogP contribution in [0.2, 0.25) is 0 Å². The van der Waals surface area contributed by atoms with Crippen LogP contribution in [0.5, 0.6) is 0 Å². The molecular weight excluding hydrogens is 340 g/mol. The molecule has 1 aromatic heterocycles. The topological polar surface area (TPSA) is 100 Å². The molecule has 0 aliphatic heterocycles. The first-order valence-electron chi connectivity index (χ1n) is 9.93. The van der Waals surface area contributed by atoms with Gasteiger partial charge in [-0.25, -0.2) is 0 Å². The summed E-state index contributed by atoms with van der Waals surface area (Å²) in [4.78, 5) is 27.9. The van der Waals surface area contributed by atoms with Crippen molar-refractivity contribution in [3.05, 3.63) is 35.5 Å². The third-order valence-electron chi connectivity index (χ3n) is 6.24. The minimum Gasteiger partial charge on any atom is -0.353 e. The number of H-pyrrole nitrogens is 1. The van der Waals surface area contributed by atoms with Gasteiger partial charge >= 0.3 is 0 Å². The van der Waals surface area contributed by atoms with Crippen molar-refractivity contribution in [2.45, 2.75) is 51.1 Å². The van der Waals surface area contributed by atoms with Crippen molar-refractivity contribution in [2.75, 3.05) is 6.54 Å². The van der Waals surface area contributed by atoms with E-state index in [9.17, 15) is 9.59 Å². The second-order valence-electron chi connectivity index (χ2n) is 8.09. The number of benzene rings is 1. The van der Waals surface area contributed by atoms with E-state index < -0.39 is 0 Å². The molecule has 6 heteroatoms. The van der Waals surface area contributed by atoms with E-state index in [2.05, 4.69) is 15.6 Å². The van der Waals surface area contributed by atoms with Gasteiger partial charge in [-0.05, 0) is 56.1 Å². The first kappa shape index (κ1) is 18.0. The van der Waals surface area contributed by atoms with E-state index in [0.717, 1.165) is 42.1 Å². The molecule has 27 heavy (non-hydrogen) atoms. The van der Waals surface area contributed by atoms with Gasteiger partial charge in [0.05, 0.1) is 0 Å². The van der Waals surface area contributed by atoms with Crippen LogP contribution in [-0.2, 0) is 4.79 Å². The van der Waals surface area contributed by atoms with Crippen LogP contribution in [-0.4, -0.2) is 35.4 Å². The van der Waals surface area contributed by atoms with Crippen LogP contribution in [0.3, 0.4) is 0 Å². The maximum atomic E-state index is 12.8. The number of fused-ring (bicyclic) bond motifs is 3. The van der Waals surface area contributed by atoms with Crippen molar-refractivity contribution in [1.29, 1.82) is 0 Å². The van der Waals surface area contributed by atoms with Gasteiger partial charge in [-0.15, -0.1) is 0 Å². The first-order valence-corrected chi connectivity index (χ1v) is 9.93. The lowest BCUT2D eigenvalue weighted by Crippen LogP contribution is -2.50. The molecule has 2 fully saturated rings. The molecule has 6 nitrogen and oxygen atoms in total. The number of aryl methyl sites for hydroxylation is 1. The monoisotopic (exact) mass is 368 g/mol. The second-order valence-corrected chi connectivity index (χ2v) is 8.09. The van der Waals surface area contributed by atoms with Crippen LogP contribution in [0, 0.1) is 18.8 Å². The van der Waals surface area contributed by atoms with Gasteiger partial charge in [-0.2, -0.15) is 0 Å². The summed E-state index contributed by atoms with van der Waals surface area (Å²) in [5, 5.41) is 7.45. The number of amides is 2. The number of para-hydroxylation sites is 1. The van der Waals surface area contributed by atoms with Crippen molar-refractivity contribution < 1.29 is 9.59 Å². The standard InChI is InChI=1S/C21H28N4O2/c1-12-3-2-4-13-11-17(24-19(12)13)21(27)25-20-14-5-6-15(20)10-16(9-14)23-18(26)7-8-22/h2-4,11,14-16,20,24H,5-10,22H2,1H3,(H,23,26)(H,25,27). The maximum Gasteiger partial charge on any atom is 0.267 e. The van der Waals surface area contributed by atoms with E-state index in [4.69, 9.17) is 5.73 Å². The molecule has 2 saturated carbocycles. The maximum absolute atomic E-state index is 12.8. The van der Waals surface area contributed by atoms with Crippen molar-refractivity contribution in [3.63, 3.8) is 0 Å². The summed E-state index contributed by atoms with van der Waals surface area (Å²) in [7, 11) is 0. The summed E-state index contributed by atoms with van der Waals surface area (Å²) in [6.45, 7) is 2.43. The Morgan fingerprint density at radius 2 is 1.93 bits per heavy atom. The highest BCUT2D eigenvalue weighted by Gasteiger charge is 2.43. The fourth-order valence-corrected chi connectivity index (χ4v) is 4.97. The van der Waals surface area contributed by atoms with E-state index in [1.807, 2.05) is 31.2 Å². The molecule has 2 aromatic rings. The van der Waals surface area contributed by atoms with Gasteiger partial charge in [0.2, 0.25) is 5.91 Å². The normalized spacial score (nSPS) is 26.9. The number of nitrogens with two attached hydrogens (primary N) is 1. The lowest BCUT2D eigenvalue weighted by atomic mass is 9.81. The zero-order valence-electron chi connectivity index (χ0n) is 15.8. The van der Waals surface area contributed by atoms with Gasteiger partial charge in [0.1, 0.15) is 5.69 Å². The molecule has 0 radical (unpaired) electrons. The molecule has 2 amide bonds. The van der Waals surface area contributed by atoms with Crippen LogP contribution in [0.25, 0.3) is 10.9 Å². The highest BCUT2D eigenvalue weighted by atomic mass is 16.2. The molecule has 1 heterocycles. The molecule has 2 atom stereocenters. The van der Waals surface area contributed by atoms with Crippen LogP contribution < -0.4 is 16.4 Å². The molecule has 2 bridgehead atoms. The summed E-state index contributed by atoms with van der Waals surface area (Å²) in [5.41, 5.74) is 8.25. The number of hydrogen-bond donors (Lipinski definition) is 4. The number of hydrogen-bond acceptors (Lipinski definition) is 3. The first-order chi connectivity index (χ1) is 13.0. The minimum atomic E-state index is -0.0295. The Bertz CT molecular complexity index is 845. The molecule has 2 aliphatic rings. The summed E-state index contributed by atoms with van der Waals surface area (Å²) in [6, 6.07) is 8.42. The molecule has 2 aliphatic carbocycles. The fourth-order valence-electron chi connectivity index (χ4n) is 4.97. The number of aromatic amines is 1. The highest BCUT2D eigenvalue weighted by molar-refractivity contribution is 5.98. The van der Waals surface area contributed by atoms with Gasteiger partial charge in [0.25, 0.3) is 5.91 Å². The molecule has 5 N–H and O–H groups in total. The van der Waals surface area contributed by atoms with E-state index >= 15 is 0 Å². The zero-order valence-corrected chi connectivity index (χ0v) is 15.8. The second kappa shape index (κ2) is 7.35. The van der Waals surface area contributed by atoms with Gasteiger partial charge in [0, 0.05) is 36.0 Å². The summed E-state index contributed by atoms with van der Waals surface area (Å²) < 4.78 is 0. The van der Waals surface area contributed by atoms with Gasteiger partial charge in [0.15, 0.2) is 0 Å². The quantitative estimate of drug-likeness (QED) is 0.651. The van der Waals surface area contributed by atoms with E-state index in [-0.39, 0.29) is 23.9 Å². The summed E-state index contributed by atoms with van der Waals surface area (Å²) >= 11 is 0. The molecule has 2 unspecified atom stereocenters. The van der Waals surface area contributed by atoms with Crippen molar-refractivity contribution in [1.82, 2.24) is 15.6 Å². The van der Waals surface area contributed by atoms with E-state index in [1.54, 1.807) is 0 Å². The van der Waals surface area contributed by atoms with Crippen LogP contribution in [0.4, 0.5) is 0 Å². The SMILES string of the molecule is Cc1cccc2cc(C(=O)NC3C4CCC3CC(NC(=O)CCN)C4)[nH]c12. The van der Waals surface area contributed by atoms with Crippen LogP contribution >= 0.6 is 0 Å². The van der Waals surface area contributed by atoms with Crippen molar-refractivity contribution in [3.8, 4) is 0 Å². The Morgan fingerprint density at radius 1 is 1.19 bits per heavy atom. The molecule has 144 valence electrons. The zero-order chi connectivity index (χ0) is 19.0. The number of carbonyl (C=O) groups is 2. The lowest BCUT2D eigenvalue weighted by molar-refractivity contribution is -0.122. The Hall–Kier alpha value is -2.34. The molecule has 0 spiro atoms.